The highest BCUT2D eigenvalue weighted by Gasteiger charge is 2.15. The number of aliphatic hydroxyl groups is 1. The Morgan fingerprint density at radius 2 is 2.33 bits per heavy atom. The van der Waals surface area contributed by atoms with Gasteiger partial charge >= 0.3 is 0 Å². The number of hydrogen-bond donors (Lipinski definition) is 1. The van der Waals surface area contributed by atoms with E-state index in [2.05, 4.69) is 0 Å². The quantitative estimate of drug-likeness (QED) is 0.680. The molecule has 12 heavy (non-hydrogen) atoms. The lowest BCUT2D eigenvalue weighted by atomic mass is 10.0. The molecule has 2 nitrogen and oxygen atoms in total. The zero-order valence-electron chi connectivity index (χ0n) is 7.13. The van der Waals surface area contributed by atoms with Gasteiger partial charge in [-0.2, -0.15) is 0 Å². The number of aliphatic hydroxyl groups excluding tert-OH is 1. The number of rotatable bonds is 1. The van der Waals surface area contributed by atoms with Gasteiger partial charge in [-0.15, -0.1) is 0 Å². The number of hydrogen-bond acceptors (Lipinski definition) is 2. The molecule has 0 fully saturated rings. The second-order valence-corrected chi connectivity index (χ2v) is 3.09. The summed E-state index contributed by atoms with van der Waals surface area (Å²) in [5.41, 5.74) is 3.33. The molecule has 2 rings (SSSR count). The van der Waals surface area contributed by atoms with Crippen molar-refractivity contribution >= 4 is 0 Å². The lowest BCUT2D eigenvalue weighted by Gasteiger charge is -2.07. The van der Waals surface area contributed by atoms with E-state index < -0.39 is 0 Å². The van der Waals surface area contributed by atoms with Crippen LogP contribution in [-0.2, 0) is 13.0 Å². The van der Waals surface area contributed by atoms with E-state index in [1.807, 2.05) is 19.1 Å². The normalized spacial score (nSPS) is 14.2. The van der Waals surface area contributed by atoms with E-state index in [-0.39, 0.29) is 6.61 Å². The van der Waals surface area contributed by atoms with Gasteiger partial charge in [-0.3, -0.25) is 0 Å². The highest BCUT2D eigenvalue weighted by atomic mass is 16.5. The van der Waals surface area contributed by atoms with E-state index in [0.29, 0.717) is 0 Å². The summed E-state index contributed by atoms with van der Waals surface area (Å²) in [5.74, 6) is 0.988. The SMILES string of the molecule is Cc1c(CO)ccc2c1OCC2. The summed E-state index contributed by atoms with van der Waals surface area (Å²) in [4.78, 5) is 0. The smallest absolute Gasteiger partial charge is 0.125 e. The van der Waals surface area contributed by atoms with Crippen LogP contribution in [0.2, 0.25) is 0 Å². The van der Waals surface area contributed by atoms with Crippen LogP contribution < -0.4 is 4.74 Å². The van der Waals surface area contributed by atoms with E-state index in [1.54, 1.807) is 0 Å². The van der Waals surface area contributed by atoms with Crippen molar-refractivity contribution < 1.29 is 9.84 Å². The van der Waals surface area contributed by atoms with Crippen LogP contribution in [0.1, 0.15) is 16.7 Å². The average Bonchev–Trinajstić information content (AvgIpc) is 2.53. The Kier molecular flexibility index (Phi) is 1.77. The molecule has 0 aromatic heterocycles. The molecule has 1 N–H and O–H groups in total. The third kappa shape index (κ3) is 0.994. The number of fused-ring (bicyclic) bond motifs is 1. The Hall–Kier alpha value is -1.02. The van der Waals surface area contributed by atoms with Crippen LogP contribution in [-0.4, -0.2) is 11.7 Å². The summed E-state index contributed by atoms with van der Waals surface area (Å²) >= 11 is 0. The summed E-state index contributed by atoms with van der Waals surface area (Å²) in [6, 6.07) is 4.02. The van der Waals surface area contributed by atoms with Gasteiger partial charge in [0.15, 0.2) is 0 Å². The van der Waals surface area contributed by atoms with Crippen LogP contribution in [0.25, 0.3) is 0 Å². The standard InChI is InChI=1S/C10H12O2/c1-7-9(6-11)3-2-8-4-5-12-10(7)8/h2-3,11H,4-6H2,1H3. The van der Waals surface area contributed by atoms with Crippen molar-refractivity contribution in [2.75, 3.05) is 6.61 Å². The molecular weight excluding hydrogens is 152 g/mol. The first-order valence-electron chi connectivity index (χ1n) is 4.18. The topological polar surface area (TPSA) is 29.5 Å². The van der Waals surface area contributed by atoms with E-state index in [1.165, 1.54) is 5.56 Å². The zero-order chi connectivity index (χ0) is 8.55. The van der Waals surface area contributed by atoms with E-state index in [4.69, 9.17) is 9.84 Å². The van der Waals surface area contributed by atoms with Crippen molar-refractivity contribution in [1.82, 2.24) is 0 Å². The molecule has 1 aromatic carbocycles. The monoisotopic (exact) mass is 164 g/mol. The van der Waals surface area contributed by atoms with Gasteiger partial charge in [0.05, 0.1) is 13.2 Å². The lowest BCUT2D eigenvalue weighted by Crippen LogP contribution is -1.92. The van der Waals surface area contributed by atoms with Crippen molar-refractivity contribution in [3.05, 3.63) is 28.8 Å². The Morgan fingerprint density at radius 3 is 3.08 bits per heavy atom. The van der Waals surface area contributed by atoms with Gasteiger partial charge in [-0.05, 0) is 23.6 Å². The predicted octanol–water partition coefficient (Wildman–Crippen LogP) is 1.42. The van der Waals surface area contributed by atoms with E-state index >= 15 is 0 Å². The van der Waals surface area contributed by atoms with E-state index in [0.717, 1.165) is 29.9 Å². The molecule has 0 spiro atoms. The Labute approximate surface area is 71.8 Å². The minimum Gasteiger partial charge on any atom is -0.493 e. The summed E-state index contributed by atoms with van der Waals surface area (Å²) in [7, 11) is 0. The van der Waals surface area contributed by atoms with Crippen molar-refractivity contribution in [2.24, 2.45) is 0 Å². The molecule has 64 valence electrons. The highest BCUT2D eigenvalue weighted by Crippen LogP contribution is 2.31. The second kappa shape index (κ2) is 2.79. The minimum absolute atomic E-state index is 0.0997. The number of ether oxygens (including phenoxy) is 1. The maximum absolute atomic E-state index is 8.99. The maximum atomic E-state index is 8.99. The largest absolute Gasteiger partial charge is 0.493 e. The fourth-order valence-corrected chi connectivity index (χ4v) is 1.62. The van der Waals surface area contributed by atoms with Gasteiger partial charge in [0.1, 0.15) is 5.75 Å². The zero-order valence-corrected chi connectivity index (χ0v) is 7.13. The van der Waals surface area contributed by atoms with Crippen LogP contribution in [0, 0.1) is 6.92 Å². The number of benzene rings is 1. The fourth-order valence-electron chi connectivity index (χ4n) is 1.62. The van der Waals surface area contributed by atoms with Crippen LogP contribution in [0.5, 0.6) is 5.75 Å². The molecule has 0 saturated heterocycles. The summed E-state index contributed by atoms with van der Waals surface area (Å²) in [6.45, 7) is 2.88. The Balaban J connectivity index is 2.54. The second-order valence-electron chi connectivity index (χ2n) is 3.09. The van der Waals surface area contributed by atoms with Gasteiger partial charge in [-0.1, -0.05) is 12.1 Å². The Morgan fingerprint density at radius 1 is 1.50 bits per heavy atom. The molecule has 0 bridgehead atoms. The first-order valence-corrected chi connectivity index (χ1v) is 4.18. The molecule has 0 radical (unpaired) electrons. The van der Waals surface area contributed by atoms with Gasteiger partial charge in [0, 0.05) is 6.42 Å². The molecule has 1 aliphatic heterocycles. The molecular formula is C10H12O2. The van der Waals surface area contributed by atoms with Crippen LogP contribution in [0.15, 0.2) is 12.1 Å². The van der Waals surface area contributed by atoms with Gasteiger partial charge in [0.2, 0.25) is 0 Å². The third-order valence-electron chi connectivity index (χ3n) is 2.39. The van der Waals surface area contributed by atoms with Crippen LogP contribution in [0.4, 0.5) is 0 Å². The van der Waals surface area contributed by atoms with Crippen molar-refractivity contribution in [2.45, 2.75) is 20.0 Å². The van der Waals surface area contributed by atoms with Crippen LogP contribution in [0.3, 0.4) is 0 Å². The Bertz CT molecular complexity index is 305. The van der Waals surface area contributed by atoms with Crippen LogP contribution >= 0.6 is 0 Å². The predicted molar refractivity (Wildman–Crippen MR) is 46.3 cm³/mol. The van der Waals surface area contributed by atoms with E-state index in [9.17, 15) is 0 Å². The fraction of sp³-hybridized carbons (Fsp3) is 0.400. The summed E-state index contributed by atoms with van der Waals surface area (Å²) in [6.07, 6.45) is 1.00. The molecule has 2 heteroatoms. The molecule has 0 atom stereocenters. The maximum Gasteiger partial charge on any atom is 0.125 e. The molecule has 1 heterocycles. The lowest BCUT2D eigenvalue weighted by molar-refractivity contribution is 0.279. The summed E-state index contributed by atoms with van der Waals surface area (Å²) < 4.78 is 5.46. The van der Waals surface area contributed by atoms with Crippen molar-refractivity contribution in [3.8, 4) is 5.75 Å². The van der Waals surface area contributed by atoms with Crippen molar-refractivity contribution in [3.63, 3.8) is 0 Å². The summed E-state index contributed by atoms with van der Waals surface area (Å²) in [5, 5.41) is 8.99. The minimum atomic E-state index is 0.0997. The third-order valence-corrected chi connectivity index (χ3v) is 2.39. The van der Waals surface area contributed by atoms with Crippen molar-refractivity contribution in [1.29, 1.82) is 0 Å². The average molecular weight is 164 g/mol. The molecule has 0 amide bonds. The molecule has 0 aliphatic carbocycles. The molecule has 0 unspecified atom stereocenters. The first-order chi connectivity index (χ1) is 5.83. The highest BCUT2D eigenvalue weighted by molar-refractivity contribution is 5.47. The van der Waals surface area contributed by atoms with Gasteiger partial charge in [0.25, 0.3) is 0 Å². The van der Waals surface area contributed by atoms with Gasteiger partial charge in [-0.25, -0.2) is 0 Å². The molecule has 0 saturated carbocycles. The molecule has 1 aromatic rings. The first kappa shape index (κ1) is 7.62. The van der Waals surface area contributed by atoms with Gasteiger partial charge < -0.3 is 9.84 Å². The molecule has 1 aliphatic rings.